The van der Waals surface area contributed by atoms with Crippen LogP contribution >= 0.6 is 33.9 Å². The van der Waals surface area contributed by atoms with Crippen LogP contribution < -0.4 is 16.0 Å². The molecule has 1 aromatic heterocycles. The maximum atomic E-state index is 13.7. The molecule has 3 nitrogen and oxygen atoms in total. The van der Waals surface area contributed by atoms with Crippen LogP contribution in [0.1, 0.15) is 17.2 Å². The van der Waals surface area contributed by atoms with Gasteiger partial charge in [0.25, 0.3) is 0 Å². The van der Waals surface area contributed by atoms with Crippen molar-refractivity contribution < 1.29 is 9.13 Å². The summed E-state index contributed by atoms with van der Waals surface area (Å²) in [7, 11) is 1.44. The molecule has 0 spiro atoms. The zero-order valence-electron chi connectivity index (χ0n) is 9.61. The van der Waals surface area contributed by atoms with Gasteiger partial charge in [-0.1, -0.05) is 6.07 Å². The number of halogens is 2. The molecule has 0 radical (unpaired) electrons. The zero-order chi connectivity index (χ0) is 13.1. The number of thiophene rings is 1. The third-order valence-electron chi connectivity index (χ3n) is 2.60. The summed E-state index contributed by atoms with van der Waals surface area (Å²) in [5.41, 5.74) is 4.50. The highest BCUT2D eigenvalue weighted by molar-refractivity contribution is 14.1. The number of hydrazine groups is 1. The molecule has 0 aliphatic rings. The number of rotatable bonds is 4. The third-order valence-corrected chi connectivity index (χ3v) is 4.40. The van der Waals surface area contributed by atoms with E-state index in [1.165, 1.54) is 13.2 Å². The Bertz CT molecular complexity index is 547. The Morgan fingerprint density at radius 3 is 2.67 bits per heavy atom. The fourth-order valence-corrected chi connectivity index (χ4v) is 3.12. The molecule has 0 fully saturated rings. The number of nitrogens with two attached hydrogens (primary N) is 1. The molecule has 3 N–H and O–H groups in total. The quantitative estimate of drug-likeness (QED) is 0.489. The second-order valence-electron chi connectivity index (χ2n) is 3.68. The van der Waals surface area contributed by atoms with Gasteiger partial charge in [0.2, 0.25) is 0 Å². The Hall–Kier alpha value is -0.700. The first-order valence-corrected chi connectivity index (χ1v) is 7.15. The van der Waals surface area contributed by atoms with E-state index in [1.807, 2.05) is 11.4 Å². The fourth-order valence-electron chi connectivity index (χ4n) is 1.72. The zero-order valence-corrected chi connectivity index (χ0v) is 12.6. The number of ether oxygens (including phenoxy) is 1. The molecule has 0 aliphatic carbocycles. The summed E-state index contributed by atoms with van der Waals surface area (Å²) in [5.74, 6) is 5.41. The van der Waals surface area contributed by atoms with E-state index in [1.54, 1.807) is 23.5 Å². The highest BCUT2D eigenvalue weighted by Crippen LogP contribution is 2.29. The molecule has 18 heavy (non-hydrogen) atoms. The van der Waals surface area contributed by atoms with Crippen LogP contribution in [0, 0.1) is 8.70 Å². The average Bonchev–Trinajstić information content (AvgIpc) is 2.77. The van der Waals surface area contributed by atoms with Gasteiger partial charge in [0.05, 0.1) is 16.0 Å². The van der Waals surface area contributed by atoms with Crippen molar-refractivity contribution >= 4 is 33.9 Å². The monoisotopic (exact) mass is 378 g/mol. The van der Waals surface area contributed by atoms with Gasteiger partial charge in [-0.15, -0.1) is 11.3 Å². The van der Waals surface area contributed by atoms with Crippen LogP contribution in [0.4, 0.5) is 4.39 Å². The molecule has 2 aromatic rings. The van der Waals surface area contributed by atoms with Crippen LogP contribution in [0.25, 0.3) is 0 Å². The van der Waals surface area contributed by atoms with Crippen LogP contribution in [0.2, 0.25) is 0 Å². The highest BCUT2D eigenvalue weighted by atomic mass is 127. The molecule has 1 heterocycles. The van der Waals surface area contributed by atoms with Gasteiger partial charge in [-0.25, -0.2) is 9.82 Å². The molecule has 0 amide bonds. The highest BCUT2D eigenvalue weighted by Gasteiger charge is 2.16. The largest absolute Gasteiger partial charge is 0.494 e. The predicted molar refractivity (Wildman–Crippen MR) is 79.2 cm³/mol. The van der Waals surface area contributed by atoms with Crippen molar-refractivity contribution in [3.8, 4) is 5.75 Å². The molecule has 6 heteroatoms. The van der Waals surface area contributed by atoms with Gasteiger partial charge in [-0.3, -0.25) is 5.84 Å². The van der Waals surface area contributed by atoms with E-state index in [4.69, 9.17) is 10.6 Å². The van der Waals surface area contributed by atoms with Crippen LogP contribution in [0.3, 0.4) is 0 Å². The van der Waals surface area contributed by atoms with Gasteiger partial charge in [0, 0.05) is 0 Å². The lowest BCUT2D eigenvalue weighted by Crippen LogP contribution is -2.28. The molecule has 2 rings (SSSR count). The van der Waals surface area contributed by atoms with Crippen LogP contribution in [0.15, 0.2) is 29.6 Å². The lowest BCUT2D eigenvalue weighted by molar-refractivity contribution is 0.385. The first-order valence-electron chi connectivity index (χ1n) is 5.19. The molecule has 0 saturated carbocycles. The van der Waals surface area contributed by atoms with Crippen molar-refractivity contribution in [1.29, 1.82) is 0 Å². The van der Waals surface area contributed by atoms with Gasteiger partial charge in [0.15, 0.2) is 11.6 Å². The second kappa shape index (κ2) is 5.96. The predicted octanol–water partition coefficient (Wildman–Crippen LogP) is 3.05. The molecular weight excluding hydrogens is 366 g/mol. The van der Waals surface area contributed by atoms with E-state index in [9.17, 15) is 4.39 Å². The minimum absolute atomic E-state index is 0.217. The number of methoxy groups -OCH3 is 1. The van der Waals surface area contributed by atoms with Gasteiger partial charge < -0.3 is 4.74 Å². The van der Waals surface area contributed by atoms with E-state index in [0.29, 0.717) is 0 Å². The first-order chi connectivity index (χ1) is 8.65. The second-order valence-corrected chi connectivity index (χ2v) is 6.48. The summed E-state index contributed by atoms with van der Waals surface area (Å²) in [6.07, 6.45) is 0. The van der Waals surface area contributed by atoms with Gasteiger partial charge in [-0.05, 0) is 57.3 Å². The molecular formula is C12H12FIN2OS. The summed E-state index contributed by atoms with van der Waals surface area (Å²) in [5, 5.41) is 2.01. The molecule has 1 unspecified atom stereocenters. The van der Waals surface area contributed by atoms with Crippen molar-refractivity contribution in [2.24, 2.45) is 5.84 Å². The van der Waals surface area contributed by atoms with Crippen LogP contribution in [-0.2, 0) is 0 Å². The maximum absolute atomic E-state index is 13.7. The van der Waals surface area contributed by atoms with E-state index in [-0.39, 0.29) is 17.6 Å². The topological polar surface area (TPSA) is 47.3 Å². The Morgan fingerprint density at radius 2 is 2.17 bits per heavy atom. The molecule has 96 valence electrons. The van der Waals surface area contributed by atoms with Crippen molar-refractivity contribution in [2.45, 2.75) is 6.04 Å². The van der Waals surface area contributed by atoms with E-state index in [0.717, 1.165) is 14.0 Å². The Labute approximate surface area is 122 Å². The lowest BCUT2D eigenvalue weighted by Gasteiger charge is -2.15. The summed E-state index contributed by atoms with van der Waals surface area (Å²) >= 11 is 3.87. The number of hydrogen-bond acceptors (Lipinski definition) is 4. The van der Waals surface area contributed by atoms with Crippen molar-refractivity contribution in [3.63, 3.8) is 0 Å². The van der Waals surface area contributed by atoms with E-state index in [2.05, 4.69) is 28.0 Å². The Kier molecular flexibility index (Phi) is 4.55. The summed E-state index contributed by atoms with van der Waals surface area (Å²) in [6, 6.07) is 6.65. The number of hydrogen-bond donors (Lipinski definition) is 2. The minimum Gasteiger partial charge on any atom is -0.494 e. The lowest BCUT2D eigenvalue weighted by atomic mass is 10.0. The minimum atomic E-state index is -0.389. The summed E-state index contributed by atoms with van der Waals surface area (Å²) in [6.45, 7) is 0. The number of benzene rings is 1. The summed E-state index contributed by atoms with van der Waals surface area (Å²) in [4.78, 5) is 0. The van der Waals surface area contributed by atoms with E-state index < -0.39 is 0 Å². The maximum Gasteiger partial charge on any atom is 0.165 e. The normalized spacial score (nSPS) is 12.4. The van der Waals surface area contributed by atoms with Crippen molar-refractivity contribution in [3.05, 3.63) is 49.5 Å². The van der Waals surface area contributed by atoms with Crippen molar-refractivity contribution in [1.82, 2.24) is 5.43 Å². The standard InChI is InChI=1S/C12H12FIN2OS/c1-17-10-3-2-7(4-9(10)13)12(16-15)8-5-11(14)18-6-8/h2-6,12,16H,15H2,1H3. The van der Waals surface area contributed by atoms with Gasteiger partial charge in [-0.2, -0.15) is 0 Å². The fraction of sp³-hybridized carbons (Fsp3) is 0.167. The summed E-state index contributed by atoms with van der Waals surface area (Å²) < 4.78 is 19.7. The Balaban J connectivity index is 2.36. The van der Waals surface area contributed by atoms with Gasteiger partial charge >= 0.3 is 0 Å². The van der Waals surface area contributed by atoms with Crippen LogP contribution in [-0.4, -0.2) is 7.11 Å². The van der Waals surface area contributed by atoms with Crippen LogP contribution in [0.5, 0.6) is 5.75 Å². The SMILES string of the molecule is COc1ccc(C(NN)c2csc(I)c2)cc1F. The first kappa shape index (κ1) is 13.7. The smallest absolute Gasteiger partial charge is 0.165 e. The molecule has 1 aromatic carbocycles. The molecule has 1 atom stereocenters. The molecule has 0 bridgehead atoms. The third kappa shape index (κ3) is 2.82. The average molecular weight is 378 g/mol. The van der Waals surface area contributed by atoms with Crippen molar-refractivity contribution in [2.75, 3.05) is 7.11 Å². The Morgan fingerprint density at radius 1 is 1.39 bits per heavy atom. The van der Waals surface area contributed by atoms with E-state index >= 15 is 0 Å². The molecule has 0 aliphatic heterocycles. The van der Waals surface area contributed by atoms with Gasteiger partial charge in [0.1, 0.15) is 0 Å². The number of nitrogens with one attached hydrogen (secondary N) is 1. The molecule has 0 saturated heterocycles.